The minimum atomic E-state index is -0.191. The third-order valence-corrected chi connectivity index (χ3v) is 4.25. The second-order valence-electron chi connectivity index (χ2n) is 5.90. The van der Waals surface area contributed by atoms with Gasteiger partial charge in [-0.25, -0.2) is 9.37 Å². The fraction of sp³-hybridized carbons (Fsp3) is 0.312. The lowest BCUT2D eigenvalue weighted by molar-refractivity contribution is 0.249. The van der Waals surface area contributed by atoms with E-state index in [1.165, 1.54) is 6.07 Å². The summed E-state index contributed by atoms with van der Waals surface area (Å²) in [5.41, 5.74) is 8.17. The molecule has 1 fully saturated rings. The zero-order chi connectivity index (χ0) is 16.5. The smallest absolute Gasteiger partial charge is 0.224 e. The molecule has 0 aliphatic carbocycles. The zero-order valence-electron chi connectivity index (χ0n) is 13.1. The standard InChI is InChI=1S/C16H18FN7/c17-12-3-1-2-11(8-12)9-23-4-6-24(7-5-23)15-13-14(20-10-19-13)21-16(18)22-15/h1-3,8,10H,4-7,9H2,(H3,18,19,20,21,22). The number of benzene rings is 1. The van der Waals surface area contributed by atoms with Gasteiger partial charge in [0.15, 0.2) is 11.5 Å². The van der Waals surface area contributed by atoms with Crippen LogP contribution in [0.1, 0.15) is 5.56 Å². The van der Waals surface area contributed by atoms with Gasteiger partial charge in [0, 0.05) is 32.7 Å². The number of nitrogens with one attached hydrogen (secondary N) is 1. The zero-order valence-corrected chi connectivity index (χ0v) is 13.1. The summed E-state index contributed by atoms with van der Waals surface area (Å²) in [5, 5.41) is 0. The molecule has 8 heteroatoms. The topological polar surface area (TPSA) is 87.0 Å². The Kier molecular flexibility index (Phi) is 3.73. The van der Waals surface area contributed by atoms with Gasteiger partial charge in [0.1, 0.15) is 11.3 Å². The first-order valence-corrected chi connectivity index (χ1v) is 7.87. The van der Waals surface area contributed by atoms with E-state index in [1.807, 2.05) is 6.07 Å². The molecule has 0 radical (unpaired) electrons. The van der Waals surface area contributed by atoms with Crippen molar-refractivity contribution in [3.8, 4) is 0 Å². The number of piperazine rings is 1. The minimum absolute atomic E-state index is 0.191. The molecule has 1 saturated heterocycles. The third-order valence-electron chi connectivity index (χ3n) is 4.25. The van der Waals surface area contributed by atoms with Crippen molar-refractivity contribution in [1.29, 1.82) is 0 Å². The number of nitrogens with zero attached hydrogens (tertiary/aromatic N) is 5. The van der Waals surface area contributed by atoms with E-state index in [2.05, 4.69) is 29.7 Å². The molecular weight excluding hydrogens is 309 g/mol. The van der Waals surface area contributed by atoms with Gasteiger partial charge < -0.3 is 15.6 Å². The number of imidazole rings is 1. The molecule has 0 bridgehead atoms. The number of nitrogen functional groups attached to an aromatic ring is 1. The van der Waals surface area contributed by atoms with Crippen LogP contribution in [0.5, 0.6) is 0 Å². The van der Waals surface area contributed by atoms with E-state index in [1.54, 1.807) is 18.5 Å². The summed E-state index contributed by atoms with van der Waals surface area (Å²) >= 11 is 0. The molecule has 3 aromatic rings. The lowest BCUT2D eigenvalue weighted by Gasteiger charge is -2.35. The Balaban J connectivity index is 1.46. The molecule has 0 amide bonds. The van der Waals surface area contributed by atoms with Crippen LogP contribution < -0.4 is 10.6 Å². The molecule has 0 saturated carbocycles. The average Bonchev–Trinajstić information content (AvgIpc) is 3.03. The first kappa shape index (κ1) is 14.8. The lowest BCUT2D eigenvalue weighted by Crippen LogP contribution is -2.46. The molecule has 0 unspecified atom stereocenters. The highest BCUT2D eigenvalue weighted by Crippen LogP contribution is 2.23. The number of halogens is 1. The number of nitrogens with two attached hydrogens (primary N) is 1. The summed E-state index contributed by atoms with van der Waals surface area (Å²) in [6, 6.07) is 6.76. The Morgan fingerprint density at radius 1 is 1.17 bits per heavy atom. The second kappa shape index (κ2) is 6.04. The van der Waals surface area contributed by atoms with E-state index in [0.717, 1.165) is 49.6 Å². The third kappa shape index (κ3) is 2.88. The van der Waals surface area contributed by atoms with Crippen molar-refractivity contribution in [2.45, 2.75) is 6.54 Å². The highest BCUT2D eigenvalue weighted by molar-refractivity contribution is 5.84. The maximum atomic E-state index is 13.3. The maximum absolute atomic E-state index is 13.3. The predicted molar refractivity (Wildman–Crippen MR) is 90.0 cm³/mol. The van der Waals surface area contributed by atoms with Gasteiger partial charge >= 0.3 is 0 Å². The molecule has 1 aromatic carbocycles. The fourth-order valence-electron chi connectivity index (χ4n) is 3.07. The number of hydrogen-bond donors (Lipinski definition) is 2. The van der Waals surface area contributed by atoms with Crippen LogP contribution in [0.15, 0.2) is 30.6 Å². The van der Waals surface area contributed by atoms with E-state index < -0.39 is 0 Å². The van der Waals surface area contributed by atoms with Crippen molar-refractivity contribution >= 4 is 22.9 Å². The molecule has 3 N–H and O–H groups in total. The largest absolute Gasteiger partial charge is 0.368 e. The number of aromatic nitrogens is 4. The van der Waals surface area contributed by atoms with Crippen LogP contribution in [-0.2, 0) is 6.54 Å². The number of rotatable bonds is 3. The summed E-state index contributed by atoms with van der Waals surface area (Å²) in [4.78, 5) is 20.2. The van der Waals surface area contributed by atoms with Crippen molar-refractivity contribution in [2.24, 2.45) is 0 Å². The maximum Gasteiger partial charge on any atom is 0.224 e. The van der Waals surface area contributed by atoms with Crippen LogP contribution in [-0.4, -0.2) is 51.0 Å². The number of H-pyrrole nitrogens is 1. The van der Waals surface area contributed by atoms with E-state index in [9.17, 15) is 4.39 Å². The van der Waals surface area contributed by atoms with Gasteiger partial charge in [-0.3, -0.25) is 4.90 Å². The van der Waals surface area contributed by atoms with Crippen molar-refractivity contribution in [3.05, 3.63) is 42.0 Å². The van der Waals surface area contributed by atoms with E-state index in [4.69, 9.17) is 5.73 Å². The Hall–Kier alpha value is -2.74. The Morgan fingerprint density at radius 3 is 2.79 bits per heavy atom. The van der Waals surface area contributed by atoms with Crippen LogP contribution in [0.3, 0.4) is 0 Å². The van der Waals surface area contributed by atoms with Gasteiger partial charge in [0.05, 0.1) is 6.33 Å². The molecular formula is C16H18FN7. The van der Waals surface area contributed by atoms with Gasteiger partial charge in [-0.15, -0.1) is 0 Å². The van der Waals surface area contributed by atoms with Crippen LogP contribution in [0.25, 0.3) is 11.2 Å². The Bertz CT molecular complexity index is 855. The molecule has 1 aliphatic rings. The number of aromatic amines is 1. The first-order valence-electron chi connectivity index (χ1n) is 7.87. The van der Waals surface area contributed by atoms with Crippen molar-refractivity contribution in [1.82, 2.24) is 24.8 Å². The molecule has 0 spiro atoms. The van der Waals surface area contributed by atoms with Crippen LogP contribution in [0, 0.1) is 5.82 Å². The molecule has 24 heavy (non-hydrogen) atoms. The summed E-state index contributed by atoms with van der Waals surface area (Å²) in [5.74, 6) is 0.830. The molecule has 7 nitrogen and oxygen atoms in total. The first-order chi connectivity index (χ1) is 11.7. The molecule has 2 aromatic heterocycles. The van der Waals surface area contributed by atoms with Crippen molar-refractivity contribution < 1.29 is 4.39 Å². The summed E-state index contributed by atoms with van der Waals surface area (Å²) in [7, 11) is 0. The van der Waals surface area contributed by atoms with Gasteiger partial charge in [0.2, 0.25) is 5.95 Å². The SMILES string of the molecule is Nc1nc(N2CCN(Cc3cccc(F)c3)CC2)c2[nH]cnc2n1. The number of anilines is 2. The second-order valence-corrected chi connectivity index (χ2v) is 5.90. The average molecular weight is 327 g/mol. The van der Waals surface area contributed by atoms with Gasteiger partial charge in [-0.05, 0) is 17.7 Å². The highest BCUT2D eigenvalue weighted by atomic mass is 19.1. The van der Waals surface area contributed by atoms with Crippen LogP contribution in [0.4, 0.5) is 16.2 Å². The van der Waals surface area contributed by atoms with Crippen LogP contribution >= 0.6 is 0 Å². The van der Waals surface area contributed by atoms with Gasteiger partial charge in [-0.2, -0.15) is 9.97 Å². The van der Waals surface area contributed by atoms with E-state index in [-0.39, 0.29) is 11.8 Å². The fourth-order valence-corrected chi connectivity index (χ4v) is 3.07. The predicted octanol–water partition coefficient (Wildman–Crippen LogP) is 1.40. The molecule has 0 atom stereocenters. The Labute approximate surface area is 138 Å². The highest BCUT2D eigenvalue weighted by Gasteiger charge is 2.21. The number of fused-ring (bicyclic) bond motifs is 1. The van der Waals surface area contributed by atoms with Crippen LogP contribution in [0.2, 0.25) is 0 Å². The summed E-state index contributed by atoms with van der Waals surface area (Å²) in [6.07, 6.45) is 1.60. The number of hydrogen-bond acceptors (Lipinski definition) is 6. The molecule has 3 heterocycles. The quantitative estimate of drug-likeness (QED) is 0.756. The summed E-state index contributed by atoms with van der Waals surface area (Å²) < 4.78 is 13.3. The van der Waals surface area contributed by atoms with E-state index in [0.29, 0.717) is 5.65 Å². The Morgan fingerprint density at radius 2 is 2.00 bits per heavy atom. The molecule has 124 valence electrons. The van der Waals surface area contributed by atoms with E-state index >= 15 is 0 Å². The lowest BCUT2D eigenvalue weighted by atomic mass is 10.2. The van der Waals surface area contributed by atoms with Gasteiger partial charge in [0.25, 0.3) is 0 Å². The monoisotopic (exact) mass is 327 g/mol. The minimum Gasteiger partial charge on any atom is -0.368 e. The normalized spacial score (nSPS) is 16.0. The van der Waals surface area contributed by atoms with Gasteiger partial charge in [-0.1, -0.05) is 12.1 Å². The molecule has 1 aliphatic heterocycles. The van der Waals surface area contributed by atoms with Crippen molar-refractivity contribution in [2.75, 3.05) is 36.8 Å². The summed E-state index contributed by atoms with van der Waals surface area (Å²) in [6.45, 7) is 4.13. The van der Waals surface area contributed by atoms with Crippen molar-refractivity contribution in [3.63, 3.8) is 0 Å². The molecule has 4 rings (SSSR count).